The van der Waals surface area contributed by atoms with E-state index in [4.69, 9.17) is 12.2 Å². The summed E-state index contributed by atoms with van der Waals surface area (Å²) in [4.78, 5) is 12.8. The van der Waals surface area contributed by atoms with Crippen molar-refractivity contribution in [3.05, 3.63) is 77.0 Å². The molecule has 1 aliphatic heterocycles. The number of amides is 1. The monoisotopic (exact) mass is 470 g/mol. The molecule has 0 aliphatic carbocycles. The van der Waals surface area contributed by atoms with Crippen molar-refractivity contribution in [1.29, 1.82) is 0 Å². The summed E-state index contributed by atoms with van der Waals surface area (Å²) in [5, 5.41) is 10.5. The number of aromatic nitrogens is 2. The first-order chi connectivity index (χ1) is 15.8. The van der Waals surface area contributed by atoms with E-state index in [-0.39, 0.29) is 29.0 Å². The number of nitrogens with one attached hydrogen (secondary N) is 4. The summed E-state index contributed by atoms with van der Waals surface area (Å²) < 4.78 is 28.8. The molecular formula is C23H24F2N6OS. The van der Waals surface area contributed by atoms with Crippen molar-refractivity contribution < 1.29 is 13.6 Å². The molecule has 0 bridgehead atoms. The van der Waals surface area contributed by atoms with Gasteiger partial charge < -0.3 is 10.6 Å². The normalized spacial score (nSPS) is 17.1. The van der Waals surface area contributed by atoms with E-state index >= 15 is 0 Å². The summed E-state index contributed by atoms with van der Waals surface area (Å²) in [7, 11) is 0. The number of alkyl halides is 2. The first-order valence-electron chi connectivity index (χ1n) is 10.4. The van der Waals surface area contributed by atoms with Crippen LogP contribution in [0.4, 0.5) is 20.3 Å². The molecule has 1 aromatic heterocycles. The number of nitrogens with zero attached hydrogens (tertiary/aromatic N) is 2. The van der Waals surface area contributed by atoms with Gasteiger partial charge in [0.25, 0.3) is 12.3 Å². The molecule has 7 nitrogen and oxygen atoms in total. The lowest BCUT2D eigenvalue weighted by molar-refractivity contribution is 0.0656. The SMILES string of the molecule is Cc1ccc(NC(=S)NNC(=O)c2cnn3c2NC(c2ccccc2)CC3C(F)F)c(C)c1. The Balaban J connectivity index is 1.47. The zero-order chi connectivity index (χ0) is 23.5. The van der Waals surface area contributed by atoms with E-state index in [1.54, 1.807) is 0 Å². The highest BCUT2D eigenvalue weighted by Crippen LogP contribution is 2.39. The number of halogens is 2. The van der Waals surface area contributed by atoms with Gasteiger partial charge in [-0.2, -0.15) is 5.10 Å². The van der Waals surface area contributed by atoms with Crippen molar-refractivity contribution in [3.63, 3.8) is 0 Å². The zero-order valence-electron chi connectivity index (χ0n) is 18.1. The number of thiocarbonyl (C=S) groups is 1. The Morgan fingerprint density at radius 3 is 2.64 bits per heavy atom. The van der Waals surface area contributed by atoms with Gasteiger partial charge in [-0.25, -0.2) is 13.5 Å². The summed E-state index contributed by atoms with van der Waals surface area (Å²) in [6.45, 7) is 3.94. The fourth-order valence-electron chi connectivity index (χ4n) is 3.89. The molecule has 0 spiro atoms. The van der Waals surface area contributed by atoms with Crippen molar-refractivity contribution in [1.82, 2.24) is 20.6 Å². The number of aryl methyl sites for hydroxylation is 2. The molecular weight excluding hydrogens is 446 g/mol. The molecule has 0 saturated heterocycles. The lowest BCUT2D eigenvalue weighted by Gasteiger charge is -2.32. The molecule has 3 aromatic rings. The maximum Gasteiger partial charge on any atom is 0.275 e. The summed E-state index contributed by atoms with van der Waals surface area (Å²) in [5.74, 6) is -0.303. The summed E-state index contributed by atoms with van der Waals surface area (Å²) in [6.07, 6.45) is -1.19. The van der Waals surface area contributed by atoms with Gasteiger partial charge in [-0.3, -0.25) is 15.6 Å². The molecule has 172 valence electrons. The molecule has 2 unspecified atom stereocenters. The van der Waals surface area contributed by atoms with E-state index in [0.717, 1.165) is 22.4 Å². The van der Waals surface area contributed by atoms with Crippen LogP contribution in [0.15, 0.2) is 54.7 Å². The molecule has 2 atom stereocenters. The number of carbonyl (C=O) groups is 1. The summed E-state index contributed by atoms with van der Waals surface area (Å²) in [5.41, 5.74) is 9.10. The van der Waals surface area contributed by atoms with Crippen LogP contribution < -0.4 is 21.5 Å². The third kappa shape index (κ3) is 4.95. The van der Waals surface area contributed by atoms with Crippen LogP contribution in [0, 0.1) is 13.8 Å². The van der Waals surface area contributed by atoms with Crippen molar-refractivity contribution in [2.75, 3.05) is 10.6 Å². The van der Waals surface area contributed by atoms with Gasteiger partial charge in [0.2, 0.25) is 0 Å². The molecule has 2 heterocycles. The highest BCUT2D eigenvalue weighted by Gasteiger charge is 2.36. The minimum absolute atomic E-state index is 0.142. The molecule has 0 radical (unpaired) electrons. The standard InChI is InChI=1S/C23H24F2N6OS/c1-13-8-9-17(14(2)10-13)28-23(33)30-29-22(32)16-12-26-31-19(20(24)25)11-18(27-21(16)31)15-6-4-3-5-7-15/h3-10,12,18-20,27H,11H2,1-2H3,(H,29,32)(H2,28,30,33). The van der Waals surface area contributed by atoms with Crippen LogP contribution in [0.1, 0.15) is 45.6 Å². The lowest BCUT2D eigenvalue weighted by atomic mass is 9.97. The predicted molar refractivity (Wildman–Crippen MR) is 127 cm³/mol. The number of rotatable bonds is 4. The molecule has 0 saturated carbocycles. The van der Waals surface area contributed by atoms with E-state index in [9.17, 15) is 13.6 Å². The second kappa shape index (κ2) is 9.53. The number of hydrazine groups is 1. The first-order valence-corrected chi connectivity index (χ1v) is 10.9. The third-order valence-corrected chi connectivity index (χ3v) is 5.76. The smallest absolute Gasteiger partial charge is 0.275 e. The van der Waals surface area contributed by atoms with Crippen molar-refractivity contribution >= 4 is 34.7 Å². The largest absolute Gasteiger partial charge is 0.363 e. The molecule has 4 rings (SSSR count). The molecule has 2 aromatic carbocycles. The van der Waals surface area contributed by atoms with Crippen LogP contribution in [-0.2, 0) is 0 Å². The van der Waals surface area contributed by atoms with Gasteiger partial charge in [0, 0.05) is 5.69 Å². The van der Waals surface area contributed by atoms with Gasteiger partial charge in [0.05, 0.1) is 12.2 Å². The van der Waals surface area contributed by atoms with E-state index in [1.807, 2.05) is 62.4 Å². The minimum atomic E-state index is -2.62. The molecule has 4 N–H and O–H groups in total. The fourth-order valence-corrected chi connectivity index (χ4v) is 4.05. The van der Waals surface area contributed by atoms with Crippen LogP contribution in [0.5, 0.6) is 0 Å². The third-order valence-electron chi connectivity index (χ3n) is 5.55. The minimum Gasteiger partial charge on any atom is -0.363 e. The Kier molecular flexibility index (Phi) is 6.55. The Bertz CT molecular complexity index is 1170. The second-order valence-electron chi connectivity index (χ2n) is 7.95. The molecule has 1 amide bonds. The maximum absolute atomic E-state index is 13.8. The van der Waals surface area contributed by atoms with Gasteiger partial charge in [-0.1, -0.05) is 48.0 Å². The Morgan fingerprint density at radius 2 is 1.94 bits per heavy atom. The van der Waals surface area contributed by atoms with Gasteiger partial charge in [-0.15, -0.1) is 0 Å². The number of hydrogen-bond acceptors (Lipinski definition) is 4. The number of benzene rings is 2. The van der Waals surface area contributed by atoms with E-state index in [2.05, 4.69) is 26.6 Å². The highest BCUT2D eigenvalue weighted by atomic mass is 32.1. The quantitative estimate of drug-likeness (QED) is 0.332. The number of hydrogen-bond donors (Lipinski definition) is 4. The molecule has 0 fully saturated rings. The summed E-state index contributed by atoms with van der Waals surface area (Å²) >= 11 is 5.26. The van der Waals surface area contributed by atoms with Crippen LogP contribution in [0.2, 0.25) is 0 Å². The topological polar surface area (TPSA) is 83.0 Å². The van der Waals surface area contributed by atoms with Gasteiger partial charge in [0.15, 0.2) is 5.11 Å². The van der Waals surface area contributed by atoms with Crippen LogP contribution >= 0.6 is 12.2 Å². The first kappa shape index (κ1) is 22.7. The fraction of sp³-hybridized carbons (Fsp3) is 0.261. The van der Waals surface area contributed by atoms with Crippen molar-refractivity contribution in [2.45, 2.75) is 38.8 Å². The Labute approximate surface area is 195 Å². The average Bonchev–Trinajstić information content (AvgIpc) is 3.23. The Hall–Kier alpha value is -3.53. The zero-order valence-corrected chi connectivity index (χ0v) is 18.9. The van der Waals surface area contributed by atoms with Crippen LogP contribution in [0.25, 0.3) is 0 Å². The summed E-state index contributed by atoms with van der Waals surface area (Å²) in [6, 6.07) is 13.6. The van der Waals surface area contributed by atoms with Crippen LogP contribution in [-0.4, -0.2) is 27.2 Å². The van der Waals surface area contributed by atoms with E-state index in [1.165, 1.54) is 10.9 Å². The molecule has 1 aliphatic rings. The number of carbonyl (C=O) groups excluding carboxylic acids is 1. The lowest BCUT2D eigenvalue weighted by Crippen LogP contribution is -2.44. The maximum atomic E-state index is 13.8. The molecule has 33 heavy (non-hydrogen) atoms. The molecule has 10 heteroatoms. The van der Waals surface area contributed by atoms with E-state index < -0.39 is 18.4 Å². The van der Waals surface area contributed by atoms with Crippen LogP contribution in [0.3, 0.4) is 0 Å². The van der Waals surface area contributed by atoms with Crippen molar-refractivity contribution in [2.24, 2.45) is 0 Å². The van der Waals surface area contributed by atoms with E-state index in [0.29, 0.717) is 0 Å². The number of anilines is 2. The van der Waals surface area contributed by atoms with Gasteiger partial charge >= 0.3 is 0 Å². The van der Waals surface area contributed by atoms with Gasteiger partial charge in [-0.05, 0) is 49.7 Å². The average molecular weight is 471 g/mol. The van der Waals surface area contributed by atoms with Crippen molar-refractivity contribution in [3.8, 4) is 0 Å². The van der Waals surface area contributed by atoms with Gasteiger partial charge in [0.1, 0.15) is 17.4 Å². The number of fused-ring (bicyclic) bond motifs is 1. The Morgan fingerprint density at radius 1 is 1.18 bits per heavy atom. The predicted octanol–water partition coefficient (Wildman–Crippen LogP) is 4.49. The highest BCUT2D eigenvalue weighted by molar-refractivity contribution is 7.80. The second-order valence-corrected chi connectivity index (χ2v) is 8.36.